The van der Waals surface area contributed by atoms with Crippen molar-refractivity contribution in [3.8, 4) is 0 Å². The Morgan fingerprint density at radius 2 is 1.58 bits per heavy atom. The summed E-state index contributed by atoms with van der Waals surface area (Å²) in [6.45, 7) is 4.65. The van der Waals surface area contributed by atoms with Gasteiger partial charge >= 0.3 is 18.1 Å². The van der Waals surface area contributed by atoms with Gasteiger partial charge in [0.2, 0.25) is 0 Å². The molecule has 0 amide bonds. The molecule has 9 heteroatoms. The van der Waals surface area contributed by atoms with Crippen molar-refractivity contribution in [2.75, 3.05) is 10.6 Å². The van der Waals surface area contributed by atoms with Gasteiger partial charge in [-0.1, -0.05) is 30.3 Å². The minimum Gasteiger partial charge on any atom is -0.419 e. The Balaban J connectivity index is 1.91. The van der Waals surface area contributed by atoms with Gasteiger partial charge in [-0.2, -0.15) is 13.2 Å². The predicted molar refractivity (Wildman–Crippen MR) is 108 cm³/mol. The van der Waals surface area contributed by atoms with Gasteiger partial charge in [0.1, 0.15) is 0 Å². The molecule has 1 aliphatic heterocycles. The summed E-state index contributed by atoms with van der Waals surface area (Å²) in [5, 5.41) is 5.75. The Hall–Kier alpha value is -3.49. The third-order valence-electron chi connectivity index (χ3n) is 4.51. The van der Waals surface area contributed by atoms with Crippen LogP contribution in [0, 0.1) is 0 Å². The molecule has 0 radical (unpaired) electrons. The molecule has 2 aromatic carbocycles. The Kier molecular flexibility index (Phi) is 5.97. The SMILES string of the molecule is CC(Nc1ccc(C(F)(F)F)cc1NC=C1C(=O)OC(C)(C)OC1=O)c1ccccc1. The van der Waals surface area contributed by atoms with Gasteiger partial charge in [-0.05, 0) is 30.7 Å². The number of cyclic esters (lactones) is 2. The average molecular weight is 434 g/mol. The first-order valence-electron chi connectivity index (χ1n) is 9.42. The molecule has 0 aromatic heterocycles. The summed E-state index contributed by atoms with van der Waals surface area (Å²) >= 11 is 0. The number of carbonyl (C=O) groups excluding carboxylic acids is 2. The number of esters is 2. The molecule has 1 aliphatic rings. The van der Waals surface area contributed by atoms with E-state index >= 15 is 0 Å². The van der Waals surface area contributed by atoms with E-state index in [1.165, 1.54) is 19.9 Å². The van der Waals surface area contributed by atoms with Crippen LogP contribution in [0.5, 0.6) is 0 Å². The summed E-state index contributed by atoms with van der Waals surface area (Å²) in [6, 6.07) is 12.2. The van der Waals surface area contributed by atoms with Crippen molar-refractivity contribution in [1.82, 2.24) is 0 Å². The fraction of sp³-hybridized carbons (Fsp3) is 0.273. The van der Waals surface area contributed by atoms with Crippen LogP contribution in [0.15, 0.2) is 60.3 Å². The maximum absolute atomic E-state index is 13.2. The molecular formula is C22H21F3N2O4. The monoisotopic (exact) mass is 434 g/mol. The summed E-state index contributed by atoms with van der Waals surface area (Å²) in [6.07, 6.45) is -3.59. The lowest BCUT2D eigenvalue weighted by atomic mass is 10.1. The van der Waals surface area contributed by atoms with Crippen molar-refractivity contribution in [3.05, 3.63) is 71.4 Å². The lowest BCUT2D eigenvalue weighted by Crippen LogP contribution is -2.42. The van der Waals surface area contributed by atoms with Crippen molar-refractivity contribution in [3.63, 3.8) is 0 Å². The highest BCUT2D eigenvalue weighted by Gasteiger charge is 2.39. The van der Waals surface area contributed by atoms with Gasteiger partial charge in [0.15, 0.2) is 5.57 Å². The molecule has 0 bridgehead atoms. The van der Waals surface area contributed by atoms with E-state index < -0.39 is 35.0 Å². The Bertz CT molecular complexity index is 995. The molecular weight excluding hydrogens is 413 g/mol. The molecule has 3 rings (SSSR count). The van der Waals surface area contributed by atoms with Gasteiger partial charge in [-0.15, -0.1) is 0 Å². The zero-order chi connectivity index (χ0) is 22.8. The number of alkyl halides is 3. The smallest absolute Gasteiger partial charge is 0.416 e. The largest absolute Gasteiger partial charge is 0.419 e. The Labute approximate surface area is 177 Å². The first kappa shape index (κ1) is 22.2. The van der Waals surface area contributed by atoms with Crippen molar-refractivity contribution < 1.29 is 32.2 Å². The van der Waals surface area contributed by atoms with E-state index in [0.717, 1.165) is 23.9 Å². The second kappa shape index (κ2) is 8.33. The van der Waals surface area contributed by atoms with E-state index in [4.69, 9.17) is 9.47 Å². The molecule has 1 fully saturated rings. The van der Waals surface area contributed by atoms with E-state index in [1.807, 2.05) is 37.3 Å². The predicted octanol–water partition coefficient (Wildman–Crippen LogP) is 5.01. The molecule has 2 aromatic rings. The fourth-order valence-corrected chi connectivity index (χ4v) is 2.95. The number of rotatable bonds is 5. The minimum absolute atomic E-state index is 0.0236. The normalized spacial score (nSPS) is 16.8. The number of hydrogen-bond donors (Lipinski definition) is 2. The molecule has 6 nitrogen and oxygen atoms in total. The number of ether oxygens (including phenoxy) is 2. The minimum atomic E-state index is -4.57. The van der Waals surface area contributed by atoms with Crippen LogP contribution < -0.4 is 10.6 Å². The molecule has 0 aliphatic carbocycles. The van der Waals surface area contributed by atoms with E-state index in [2.05, 4.69) is 10.6 Å². The number of halogens is 3. The number of hydrogen-bond acceptors (Lipinski definition) is 6. The first-order valence-corrected chi connectivity index (χ1v) is 9.42. The molecule has 0 saturated carbocycles. The third-order valence-corrected chi connectivity index (χ3v) is 4.51. The number of benzene rings is 2. The van der Waals surface area contributed by atoms with Crippen LogP contribution in [0.25, 0.3) is 0 Å². The zero-order valence-corrected chi connectivity index (χ0v) is 17.0. The van der Waals surface area contributed by atoms with Gasteiger partial charge in [-0.3, -0.25) is 0 Å². The van der Waals surface area contributed by atoms with Crippen LogP contribution in [0.4, 0.5) is 24.5 Å². The standard InChI is InChI=1S/C22H21F3N2O4/c1-13(14-7-5-4-6-8-14)27-17-10-9-15(22(23,24)25)11-18(17)26-12-16-19(28)30-21(2,3)31-20(16)29/h4-13,26-27H,1-3H3. The summed E-state index contributed by atoms with van der Waals surface area (Å²) in [5.41, 5.74) is -0.0528. The molecule has 1 unspecified atom stereocenters. The fourth-order valence-electron chi connectivity index (χ4n) is 2.95. The molecule has 0 spiro atoms. The number of nitrogens with one attached hydrogen (secondary N) is 2. The molecule has 2 N–H and O–H groups in total. The van der Waals surface area contributed by atoms with Crippen LogP contribution in [0.2, 0.25) is 0 Å². The average Bonchev–Trinajstić information content (AvgIpc) is 2.67. The molecule has 1 saturated heterocycles. The third kappa shape index (κ3) is 5.36. The highest BCUT2D eigenvalue weighted by atomic mass is 19.4. The first-order chi connectivity index (χ1) is 14.5. The van der Waals surface area contributed by atoms with Crippen LogP contribution in [-0.2, 0) is 25.2 Å². The summed E-state index contributed by atoms with van der Waals surface area (Å²) in [7, 11) is 0. The summed E-state index contributed by atoms with van der Waals surface area (Å²) in [5.74, 6) is -3.29. The maximum Gasteiger partial charge on any atom is 0.416 e. The zero-order valence-electron chi connectivity index (χ0n) is 17.0. The van der Waals surface area contributed by atoms with E-state index in [0.29, 0.717) is 5.69 Å². The van der Waals surface area contributed by atoms with Crippen LogP contribution in [0.1, 0.15) is 37.9 Å². The topological polar surface area (TPSA) is 76.7 Å². The van der Waals surface area contributed by atoms with Crippen molar-refractivity contribution in [2.24, 2.45) is 0 Å². The second-order valence-electron chi connectivity index (χ2n) is 7.42. The lowest BCUT2D eigenvalue weighted by molar-refractivity contribution is -0.222. The van der Waals surface area contributed by atoms with Crippen LogP contribution in [-0.4, -0.2) is 17.7 Å². The van der Waals surface area contributed by atoms with Gasteiger partial charge in [0.05, 0.1) is 16.9 Å². The quantitative estimate of drug-likeness (QED) is 0.391. The van der Waals surface area contributed by atoms with Crippen molar-refractivity contribution >= 4 is 23.3 Å². The highest BCUT2D eigenvalue weighted by Crippen LogP contribution is 2.35. The van der Waals surface area contributed by atoms with Gasteiger partial charge in [0.25, 0.3) is 5.79 Å². The number of anilines is 2. The van der Waals surface area contributed by atoms with Gasteiger partial charge in [-0.25, -0.2) is 9.59 Å². The lowest BCUT2D eigenvalue weighted by Gasteiger charge is -2.29. The van der Waals surface area contributed by atoms with E-state index in [1.54, 1.807) is 0 Å². The molecule has 31 heavy (non-hydrogen) atoms. The molecule has 164 valence electrons. The Morgan fingerprint density at radius 1 is 0.968 bits per heavy atom. The summed E-state index contributed by atoms with van der Waals surface area (Å²) < 4.78 is 49.6. The van der Waals surface area contributed by atoms with E-state index in [-0.39, 0.29) is 11.7 Å². The summed E-state index contributed by atoms with van der Waals surface area (Å²) in [4.78, 5) is 24.2. The van der Waals surface area contributed by atoms with Gasteiger partial charge in [0, 0.05) is 26.1 Å². The van der Waals surface area contributed by atoms with Gasteiger partial charge < -0.3 is 20.1 Å². The molecule has 1 atom stereocenters. The van der Waals surface area contributed by atoms with Crippen molar-refractivity contribution in [2.45, 2.75) is 38.8 Å². The van der Waals surface area contributed by atoms with Crippen LogP contribution >= 0.6 is 0 Å². The number of carbonyl (C=O) groups is 2. The molecule has 1 heterocycles. The second-order valence-corrected chi connectivity index (χ2v) is 7.42. The maximum atomic E-state index is 13.2. The van der Waals surface area contributed by atoms with Crippen molar-refractivity contribution in [1.29, 1.82) is 0 Å². The van der Waals surface area contributed by atoms with E-state index in [9.17, 15) is 22.8 Å². The Morgan fingerprint density at radius 3 is 2.16 bits per heavy atom. The van der Waals surface area contributed by atoms with Crippen LogP contribution in [0.3, 0.4) is 0 Å². The highest BCUT2D eigenvalue weighted by molar-refractivity contribution is 6.15.